The fraction of sp³-hybridized carbons (Fsp3) is 0.571. The van der Waals surface area contributed by atoms with Crippen LogP contribution in [0.3, 0.4) is 0 Å². The molecular weight excluding hydrogens is 240 g/mol. The third-order valence-electron chi connectivity index (χ3n) is 3.55. The molecule has 0 saturated heterocycles. The summed E-state index contributed by atoms with van der Waals surface area (Å²) in [6.45, 7) is 9.66. The average molecular weight is 264 g/mol. The summed E-state index contributed by atoms with van der Waals surface area (Å²) >= 11 is 0. The van der Waals surface area contributed by atoms with Gasteiger partial charge in [0.2, 0.25) is 5.91 Å². The van der Waals surface area contributed by atoms with Crippen molar-refractivity contribution in [3.63, 3.8) is 0 Å². The molecule has 1 amide bonds. The molecule has 1 unspecified atom stereocenters. The van der Waals surface area contributed by atoms with Crippen LogP contribution < -0.4 is 11.1 Å². The van der Waals surface area contributed by atoms with Gasteiger partial charge in [0, 0.05) is 25.5 Å². The van der Waals surface area contributed by atoms with Crippen LogP contribution in [0.1, 0.15) is 26.3 Å². The molecule has 0 spiro atoms. The van der Waals surface area contributed by atoms with E-state index in [2.05, 4.69) is 29.0 Å². The Bertz CT molecular complexity index is 392. The molecule has 1 heterocycles. The Morgan fingerprint density at radius 2 is 1.95 bits per heavy atom. The number of carbonyl (C=O) groups excluding carboxylic acids is 1. The maximum Gasteiger partial charge on any atom is 0.242 e. The summed E-state index contributed by atoms with van der Waals surface area (Å²) in [6.07, 6.45) is 3.34. The number of amides is 1. The Morgan fingerprint density at radius 1 is 1.37 bits per heavy atom. The van der Waals surface area contributed by atoms with Gasteiger partial charge < -0.3 is 10.6 Å². The van der Waals surface area contributed by atoms with E-state index in [0.717, 1.165) is 25.2 Å². The first-order valence-electron chi connectivity index (χ1n) is 6.72. The molecule has 5 nitrogen and oxygen atoms in total. The van der Waals surface area contributed by atoms with Crippen LogP contribution in [0.4, 0.5) is 0 Å². The van der Waals surface area contributed by atoms with Crippen LogP contribution >= 0.6 is 0 Å². The zero-order valence-corrected chi connectivity index (χ0v) is 12.0. The minimum atomic E-state index is -0.851. The second-order valence-corrected chi connectivity index (χ2v) is 4.68. The number of nitrogens with one attached hydrogen (secondary N) is 1. The van der Waals surface area contributed by atoms with Crippen LogP contribution in [0, 0.1) is 0 Å². The molecule has 106 valence electrons. The van der Waals surface area contributed by atoms with Crippen LogP contribution in [0.5, 0.6) is 0 Å². The van der Waals surface area contributed by atoms with Gasteiger partial charge in [0.15, 0.2) is 0 Å². The lowest BCUT2D eigenvalue weighted by molar-refractivity contribution is -0.124. The third-order valence-corrected chi connectivity index (χ3v) is 3.55. The highest BCUT2D eigenvalue weighted by atomic mass is 16.1. The Kier molecular flexibility index (Phi) is 5.92. The minimum Gasteiger partial charge on any atom is -0.368 e. The molecule has 0 aliphatic heterocycles. The fourth-order valence-corrected chi connectivity index (χ4v) is 2.02. The Balaban J connectivity index is 2.71. The van der Waals surface area contributed by atoms with Gasteiger partial charge in [-0.1, -0.05) is 13.8 Å². The van der Waals surface area contributed by atoms with Crippen molar-refractivity contribution in [1.82, 2.24) is 15.2 Å². The highest BCUT2D eigenvalue weighted by Gasteiger charge is 2.32. The van der Waals surface area contributed by atoms with Crippen molar-refractivity contribution in [2.24, 2.45) is 5.73 Å². The van der Waals surface area contributed by atoms with Crippen molar-refractivity contribution in [2.75, 3.05) is 26.2 Å². The lowest BCUT2D eigenvalue weighted by atomic mass is 9.92. The van der Waals surface area contributed by atoms with Crippen molar-refractivity contribution in [2.45, 2.75) is 26.3 Å². The number of likely N-dealkylation sites (N-methyl/N-ethyl adjacent to an activating group) is 1. The van der Waals surface area contributed by atoms with Crippen molar-refractivity contribution in [3.05, 3.63) is 30.1 Å². The summed E-state index contributed by atoms with van der Waals surface area (Å²) in [5.41, 5.74) is 5.54. The highest BCUT2D eigenvalue weighted by molar-refractivity contribution is 5.85. The highest BCUT2D eigenvalue weighted by Crippen LogP contribution is 2.19. The number of nitrogens with two attached hydrogens (primary N) is 1. The number of hydrogen-bond acceptors (Lipinski definition) is 4. The van der Waals surface area contributed by atoms with E-state index in [-0.39, 0.29) is 5.91 Å². The smallest absolute Gasteiger partial charge is 0.242 e. The van der Waals surface area contributed by atoms with Crippen LogP contribution in [-0.4, -0.2) is 42.0 Å². The molecule has 1 rings (SSSR count). The summed E-state index contributed by atoms with van der Waals surface area (Å²) in [6, 6.07) is 3.63. The van der Waals surface area contributed by atoms with E-state index in [4.69, 9.17) is 5.73 Å². The first-order valence-corrected chi connectivity index (χ1v) is 6.72. The predicted octanol–water partition coefficient (Wildman–Crippen LogP) is 0.714. The van der Waals surface area contributed by atoms with Gasteiger partial charge in [-0.15, -0.1) is 0 Å². The lowest BCUT2D eigenvalue weighted by Gasteiger charge is -2.29. The van der Waals surface area contributed by atoms with Crippen LogP contribution in [0.15, 0.2) is 24.5 Å². The number of pyridine rings is 1. The van der Waals surface area contributed by atoms with Crippen molar-refractivity contribution in [1.29, 1.82) is 0 Å². The molecule has 19 heavy (non-hydrogen) atoms. The topological polar surface area (TPSA) is 71.2 Å². The molecule has 0 aromatic carbocycles. The van der Waals surface area contributed by atoms with Crippen molar-refractivity contribution < 1.29 is 4.79 Å². The van der Waals surface area contributed by atoms with Crippen LogP contribution in [-0.2, 0) is 10.3 Å². The number of primary amides is 1. The standard InChI is InChI=1S/C14H24N4O/c1-4-18(5-2)11-10-17-14(3,13(15)19)12-6-8-16-9-7-12/h6-9,17H,4-5,10-11H2,1-3H3,(H2,15,19). The molecule has 0 aliphatic rings. The number of aromatic nitrogens is 1. The molecule has 5 heteroatoms. The first kappa shape index (κ1) is 15.6. The lowest BCUT2D eigenvalue weighted by Crippen LogP contribution is -2.52. The number of hydrogen-bond donors (Lipinski definition) is 2. The van der Waals surface area contributed by atoms with Crippen molar-refractivity contribution >= 4 is 5.91 Å². The molecule has 0 bridgehead atoms. The quantitative estimate of drug-likeness (QED) is 0.725. The van der Waals surface area contributed by atoms with E-state index in [1.165, 1.54) is 0 Å². The van der Waals surface area contributed by atoms with E-state index < -0.39 is 5.54 Å². The van der Waals surface area contributed by atoms with Gasteiger partial charge in [-0.25, -0.2) is 0 Å². The van der Waals surface area contributed by atoms with Crippen LogP contribution in [0.25, 0.3) is 0 Å². The van der Waals surface area contributed by atoms with Gasteiger partial charge in [-0.05, 0) is 37.7 Å². The molecule has 1 aromatic heterocycles. The molecule has 0 saturated carbocycles. The van der Waals surface area contributed by atoms with E-state index in [1.54, 1.807) is 12.4 Å². The summed E-state index contributed by atoms with van der Waals surface area (Å²) < 4.78 is 0. The maximum absolute atomic E-state index is 11.8. The molecular formula is C14H24N4O. The fourth-order valence-electron chi connectivity index (χ4n) is 2.02. The van der Waals surface area contributed by atoms with Gasteiger partial charge in [0.1, 0.15) is 5.54 Å². The molecule has 1 aromatic rings. The summed E-state index contributed by atoms with van der Waals surface area (Å²) in [5, 5.41) is 3.27. The normalized spacial score (nSPS) is 14.3. The molecule has 1 atom stereocenters. The monoisotopic (exact) mass is 264 g/mol. The zero-order valence-electron chi connectivity index (χ0n) is 12.0. The van der Waals surface area contributed by atoms with E-state index in [1.807, 2.05) is 19.1 Å². The number of carbonyl (C=O) groups is 1. The predicted molar refractivity (Wildman–Crippen MR) is 76.6 cm³/mol. The van der Waals surface area contributed by atoms with Gasteiger partial charge >= 0.3 is 0 Å². The summed E-state index contributed by atoms with van der Waals surface area (Å²) in [5.74, 6) is -0.377. The van der Waals surface area contributed by atoms with E-state index >= 15 is 0 Å². The maximum atomic E-state index is 11.8. The first-order chi connectivity index (χ1) is 9.04. The second kappa shape index (κ2) is 7.21. The molecule has 0 aliphatic carbocycles. The van der Waals surface area contributed by atoms with Gasteiger partial charge in [-0.2, -0.15) is 0 Å². The SMILES string of the molecule is CCN(CC)CCNC(C)(C(N)=O)c1ccncc1. The number of nitrogens with zero attached hydrogens (tertiary/aromatic N) is 2. The zero-order chi connectivity index (χ0) is 14.3. The third kappa shape index (κ3) is 4.01. The summed E-state index contributed by atoms with van der Waals surface area (Å²) in [7, 11) is 0. The average Bonchev–Trinajstić information content (AvgIpc) is 2.44. The molecule has 0 fully saturated rings. The van der Waals surface area contributed by atoms with Crippen LogP contribution in [0.2, 0.25) is 0 Å². The van der Waals surface area contributed by atoms with Gasteiger partial charge in [0.25, 0.3) is 0 Å². The molecule has 0 radical (unpaired) electrons. The van der Waals surface area contributed by atoms with E-state index in [0.29, 0.717) is 6.54 Å². The minimum absolute atomic E-state index is 0.377. The second-order valence-electron chi connectivity index (χ2n) is 4.68. The number of rotatable bonds is 8. The van der Waals surface area contributed by atoms with Gasteiger partial charge in [-0.3, -0.25) is 15.1 Å². The Hall–Kier alpha value is -1.46. The summed E-state index contributed by atoms with van der Waals surface area (Å²) in [4.78, 5) is 18.0. The van der Waals surface area contributed by atoms with Gasteiger partial charge in [0.05, 0.1) is 0 Å². The van der Waals surface area contributed by atoms with E-state index in [9.17, 15) is 4.79 Å². The Labute approximate surface area is 115 Å². The largest absolute Gasteiger partial charge is 0.368 e. The Morgan fingerprint density at radius 3 is 2.42 bits per heavy atom. The van der Waals surface area contributed by atoms with Crippen molar-refractivity contribution in [3.8, 4) is 0 Å². The molecule has 3 N–H and O–H groups in total.